The number of hydrogen-bond acceptors (Lipinski definition) is 3. The van der Waals surface area contributed by atoms with Gasteiger partial charge in [-0.1, -0.05) is 13.8 Å². The Morgan fingerprint density at radius 1 is 1.53 bits per heavy atom. The summed E-state index contributed by atoms with van der Waals surface area (Å²) in [6, 6.07) is 1.22. The molecular weight excluding hydrogens is 236 g/mol. The maximum atomic E-state index is 5.94. The molecule has 2 unspecified atom stereocenters. The van der Waals surface area contributed by atoms with Gasteiger partial charge in [0.1, 0.15) is 0 Å². The molecule has 4 nitrogen and oxygen atoms in total. The van der Waals surface area contributed by atoms with E-state index >= 15 is 0 Å². The lowest BCUT2D eigenvalue weighted by Gasteiger charge is -2.22. The highest BCUT2D eigenvalue weighted by Gasteiger charge is 2.32. The van der Waals surface area contributed by atoms with E-state index in [-0.39, 0.29) is 6.04 Å². The van der Waals surface area contributed by atoms with Crippen molar-refractivity contribution >= 4 is 0 Å². The molecule has 0 radical (unpaired) electrons. The summed E-state index contributed by atoms with van der Waals surface area (Å²) in [6.45, 7) is 9.61. The minimum Gasteiger partial charge on any atom is -0.329 e. The van der Waals surface area contributed by atoms with Gasteiger partial charge in [0, 0.05) is 36.4 Å². The van der Waals surface area contributed by atoms with Crippen LogP contribution in [0.3, 0.4) is 0 Å². The third-order valence-electron chi connectivity index (χ3n) is 4.19. The molecule has 1 aliphatic carbocycles. The molecule has 0 aromatic carbocycles. The van der Waals surface area contributed by atoms with Gasteiger partial charge >= 0.3 is 0 Å². The Morgan fingerprint density at radius 3 is 2.74 bits per heavy atom. The molecule has 1 heterocycles. The molecule has 1 aliphatic rings. The lowest BCUT2D eigenvalue weighted by atomic mass is 9.91. The normalized spacial score (nSPS) is 24.0. The van der Waals surface area contributed by atoms with Crippen molar-refractivity contribution in [1.82, 2.24) is 15.1 Å². The fourth-order valence-electron chi connectivity index (χ4n) is 2.98. The average Bonchev–Trinajstić information content (AvgIpc) is 2.92. The van der Waals surface area contributed by atoms with Crippen molar-refractivity contribution in [3.63, 3.8) is 0 Å². The summed E-state index contributed by atoms with van der Waals surface area (Å²) in [7, 11) is 0. The van der Waals surface area contributed by atoms with Crippen LogP contribution in [0.2, 0.25) is 0 Å². The molecular formula is C15H28N4. The Bertz CT molecular complexity index is 408. The summed E-state index contributed by atoms with van der Waals surface area (Å²) in [4.78, 5) is 0. The summed E-state index contributed by atoms with van der Waals surface area (Å²) >= 11 is 0. The predicted molar refractivity (Wildman–Crippen MR) is 79.0 cm³/mol. The highest BCUT2D eigenvalue weighted by atomic mass is 15.3. The zero-order valence-electron chi connectivity index (χ0n) is 12.7. The maximum Gasteiger partial charge on any atom is 0.0538 e. The third-order valence-corrected chi connectivity index (χ3v) is 4.19. The minimum atomic E-state index is 0.228. The Balaban J connectivity index is 2.00. The van der Waals surface area contributed by atoms with E-state index in [2.05, 4.69) is 44.3 Å². The maximum absolute atomic E-state index is 5.94. The lowest BCUT2D eigenvalue weighted by Crippen LogP contribution is -2.35. The molecule has 1 saturated carbocycles. The topological polar surface area (TPSA) is 55.9 Å². The number of aromatic nitrogens is 2. The van der Waals surface area contributed by atoms with Gasteiger partial charge in [-0.2, -0.15) is 5.10 Å². The zero-order chi connectivity index (χ0) is 14.0. The van der Waals surface area contributed by atoms with Crippen molar-refractivity contribution < 1.29 is 0 Å². The molecule has 4 heteroatoms. The first-order chi connectivity index (χ1) is 8.91. The van der Waals surface area contributed by atoms with Gasteiger partial charge in [-0.05, 0) is 38.5 Å². The van der Waals surface area contributed by atoms with Crippen LogP contribution in [-0.4, -0.2) is 22.4 Å². The van der Waals surface area contributed by atoms with Crippen molar-refractivity contribution in [3.05, 3.63) is 18.0 Å². The van der Waals surface area contributed by atoms with Crippen LogP contribution < -0.4 is 11.1 Å². The van der Waals surface area contributed by atoms with Gasteiger partial charge in [-0.25, -0.2) is 0 Å². The van der Waals surface area contributed by atoms with Crippen LogP contribution in [0, 0.1) is 5.41 Å². The van der Waals surface area contributed by atoms with E-state index in [1.54, 1.807) is 0 Å². The molecule has 1 aromatic rings. The van der Waals surface area contributed by atoms with Crippen LogP contribution in [0.25, 0.3) is 0 Å². The van der Waals surface area contributed by atoms with Crippen LogP contribution >= 0.6 is 0 Å². The molecule has 2 rings (SSSR count). The molecule has 1 fully saturated rings. The molecule has 2 atom stereocenters. The molecule has 0 aliphatic heterocycles. The third kappa shape index (κ3) is 3.57. The van der Waals surface area contributed by atoms with E-state index in [4.69, 9.17) is 5.73 Å². The number of nitrogens with two attached hydrogens (primary N) is 1. The molecule has 0 amide bonds. The van der Waals surface area contributed by atoms with E-state index in [1.165, 1.54) is 24.8 Å². The summed E-state index contributed by atoms with van der Waals surface area (Å²) in [5.74, 6) is 0. The molecule has 1 aromatic heterocycles. The highest BCUT2D eigenvalue weighted by molar-refractivity contribution is 5.12. The second kappa shape index (κ2) is 5.63. The molecule has 0 bridgehead atoms. The summed E-state index contributed by atoms with van der Waals surface area (Å²) in [5.41, 5.74) is 7.62. The molecule has 0 spiro atoms. The summed E-state index contributed by atoms with van der Waals surface area (Å²) in [6.07, 6.45) is 7.86. The summed E-state index contributed by atoms with van der Waals surface area (Å²) < 4.78 is 2.00. The van der Waals surface area contributed by atoms with Gasteiger partial charge < -0.3 is 11.1 Å². The van der Waals surface area contributed by atoms with Gasteiger partial charge in [0.2, 0.25) is 0 Å². The number of nitrogens with one attached hydrogen (secondary N) is 1. The van der Waals surface area contributed by atoms with E-state index in [9.17, 15) is 0 Å². The van der Waals surface area contributed by atoms with Crippen molar-refractivity contribution in [2.24, 2.45) is 11.1 Å². The van der Waals surface area contributed by atoms with Crippen LogP contribution in [0.15, 0.2) is 12.4 Å². The van der Waals surface area contributed by atoms with E-state index in [1.807, 2.05) is 10.9 Å². The Morgan fingerprint density at radius 2 is 2.26 bits per heavy atom. The fraction of sp³-hybridized carbons (Fsp3) is 0.800. The number of rotatable bonds is 5. The molecule has 3 N–H and O–H groups in total. The van der Waals surface area contributed by atoms with Gasteiger partial charge in [0.25, 0.3) is 0 Å². The molecule has 0 saturated heterocycles. The van der Waals surface area contributed by atoms with E-state index < -0.39 is 0 Å². The second-order valence-corrected chi connectivity index (χ2v) is 6.91. The van der Waals surface area contributed by atoms with Gasteiger partial charge in [-0.3, -0.25) is 4.68 Å². The Labute approximate surface area is 116 Å². The van der Waals surface area contributed by atoms with Crippen LogP contribution in [0.1, 0.15) is 64.6 Å². The monoisotopic (exact) mass is 264 g/mol. The zero-order valence-corrected chi connectivity index (χ0v) is 12.7. The summed E-state index contributed by atoms with van der Waals surface area (Å²) in [5, 5.41) is 8.12. The quantitative estimate of drug-likeness (QED) is 0.859. The fourth-order valence-corrected chi connectivity index (χ4v) is 2.98. The SMILES string of the molecule is CC(C)n1cc(C(CN)NC2CCC(C)(C)C2)cn1. The second-order valence-electron chi connectivity index (χ2n) is 6.91. The largest absolute Gasteiger partial charge is 0.329 e. The molecule has 108 valence electrons. The first-order valence-electron chi connectivity index (χ1n) is 7.41. The smallest absolute Gasteiger partial charge is 0.0538 e. The van der Waals surface area contributed by atoms with Crippen molar-refractivity contribution in [1.29, 1.82) is 0 Å². The van der Waals surface area contributed by atoms with E-state index in [0.29, 0.717) is 24.0 Å². The van der Waals surface area contributed by atoms with Crippen LogP contribution in [0.4, 0.5) is 0 Å². The van der Waals surface area contributed by atoms with Gasteiger partial charge in [0.05, 0.1) is 6.20 Å². The first-order valence-corrected chi connectivity index (χ1v) is 7.41. The minimum absolute atomic E-state index is 0.228. The number of nitrogens with zero attached hydrogens (tertiary/aromatic N) is 2. The van der Waals surface area contributed by atoms with E-state index in [0.717, 1.165) is 0 Å². The number of hydrogen-bond donors (Lipinski definition) is 2. The first kappa shape index (κ1) is 14.5. The average molecular weight is 264 g/mol. The van der Waals surface area contributed by atoms with Crippen molar-refractivity contribution in [2.45, 2.75) is 65.1 Å². The van der Waals surface area contributed by atoms with Gasteiger partial charge in [0.15, 0.2) is 0 Å². The van der Waals surface area contributed by atoms with Crippen LogP contribution in [0.5, 0.6) is 0 Å². The molecule has 19 heavy (non-hydrogen) atoms. The van der Waals surface area contributed by atoms with Crippen LogP contribution in [-0.2, 0) is 0 Å². The predicted octanol–water partition coefficient (Wildman–Crippen LogP) is 2.63. The highest BCUT2D eigenvalue weighted by Crippen LogP contribution is 2.37. The standard InChI is InChI=1S/C15H28N4/c1-11(2)19-10-12(9-17-19)14(8-16)18-13-5-6-15(3,4)7-13/h9-11,13-14,18H,5-8,16H2,1-4H3. The lowest BCUT2D eigenvalue weighted by molar-refractivity contribution is 0.353. The Hall–Kier alpha value is -0.870. The van der Waals surface area contributed by atoms with Crippen molar-refractivity contribution in [2.75, 3.05) is 6.54 Å². The van der Waals surface area contributed by atoms with Gasteiger partial charge in [-0.15, -0.1) is 0 Å². The van der Waals surface area contributed by atoms with Crippen molar-refractivity contribution in [3.8, 4) is 0 Å². The Kier molecular flexibility index (Phi) is 4.31.